The van der Waals surface area contributed by atoms with Gasteiger partial charge in [-0.2, -0.15) is 0 Å². The lowest BCUT2D eigenvalue weighted by molar-refractivity contribution is -0.144. The molecule has 2 aromatic rings. The first-order chi connectivity index (χ1) is 12.6. The molecule has 0 aromatic heterocycles. The predicted molar refractivity (Wildman–Crippen MR) is 93.3 cm³/mol. The molecule has 0 aliphatic heterocycles. The van der Waals surface area contributed by atoms with Crippen LogP contribution in [0.15, 0.2) is 41.3 Å². The van der Waals surface area contributed by atoms with Crippen molar-refractivity contribution in [3.63, 3.8) is 0 Å². The van der Waals surface area contributed by atoms with Crippen molar-refractivity contribution < 1.29 is 31.1 Å². The van der Waals surface area contributed by atoms with Crippen molar-refractivity contribution in [2.45, 2.75) is 31.7 Å². The largest absolute Gasteiger partial charge is 0.464 e. The number of carbonyl (C=O) groups excluding carboxylic acids is 1. The lowest BCUT2D eigenvalue weighted by Crippen LogP contribution is -2.45. The maximum Gasteiger partial charge on any atom is 0.329 e. The molecule has 0 heterocycles. The second-order valence-electron chi connectivity index (χ2n) is 5.74. The van der Waals surface area contributed by atoms with Crippen LogP contribution >= 0.6 is 0 Å². The van der Waals surface area contributed by atoms with Gasteiger partial charge in [-0.3, -0.25) is 0 Å². The van der Waals surface area contributed by atoms with Crippen molar-refractivity contribution in [3.8, 4) is 0 Å². The van der Waals surface area contributed by atoms with Crippen molar-refractivity contribution in [2.24, 2.45) is 0 Å². The molecule has 0 fully saturated rings. The van der Waals surface area contributed by atoms with E-state index in [0.29, 0.717) is 10.4 Å². The lowest BCUT2D eigenvalue weighted by Gasteiger charge is -2.29. The molecule has 2 aromatic carbocycles. The lowest BCUT2D eigenvalue weighted by atomic mass is 10.2. The molecule has 0 saturated heterocycles. The van der Waals surface area contributed by atoms with Crippen molar-refractivity contribution in [2.75, 3.05) is 10.9 Å². The molecule has 0 N–H and O–H groups in total. The molecular weight excluding hydrogens is 383 g/mol. The summed E-state index contributed by atoms with van der Waals surface area (Å²) in [4.78, 5) is 11.9. The third kappa shape index (κ3) is 4.08. The fourth-order valence-electron chi connectivity index (χ4n) is 2.41. The van der Waals surface area contributed by atoms with Crippen LogP contribution in [0, 0.1) is 24.4 Å². The second kappa shape index (κ2) is 7.99. The van der Waals surface area contributed by atoms with Gasteiger partial charge in [0.2, 0.25) is 0 Å². The highest BCUT2D eigenvalue weighted by molar-refractivity contribution is 7.92. The maximum absolute atomic E-state index is 14.4. The van der Waals surface area contributed by atoms with Crippen molar-refractivity contribution in [1.29, 1.82) is 0 Å². The Bertz CT molecular complexity index is 946. The number of carbonyl (C=O) groups is 1. The Morgan fingerprint density at radius 3 is 2.22 bits per heavy atom. The van der Waals surface area contributed by atoms with E-state index in [4.69, 9.17) is 4.74 Å². The third-order valence-electron chi connectivity index (χ3n) is 3.81. The third-order valence-corrected chi connectivity index (χ3v) is 5.71. The Hall–Kier alpha value is -2.55. The van der Waals surface area contributed by atoms with E-state index in [0.717, 1.165) is 11.6 Å². The van der Waals surface area contributed by atoms with Gasteiger partial charge in [0, 0.05) is 0 Å². The topological polar surface area (TPSA) is 63.7 Å². The highest BCUT2D eigenvalue weighted by atomic mass is 32.2. The van der Waals surface area contributed by atoms with Crippen LogP contribution < -0.4 is 4.31 Å². The number of hydrogen-bond acceptors (Lipinski definition) is 4. The molecule has 1 atom stereocenters. The van der Waals surface area contributed by atoms with E-state index in [1.807, 2.05) is 0 Å². The van der Waals surface area contributed by atoms with E-state index < -0.39 is 45.2 Å². The molecule has 0 radical (unpaired) electrons. The number of ether oxygens (including phenoxy) is 1. The van der Waals surface area contributed by atoms with Gasteiger partial charge in [-0.05, 0) is 45.0 Å². The molecule has 27 heavy (non-hydrogen) atoms. The fraction of sp³-hybridized carbons (Fsp3) is 0.278. The van der Waals surface area contributed by atoms with Crippen LogP contribution in [0.4, 0.5) is 18.9 Å². The SMILES string of the molecule is CCOC(=O)C(C)N(c1ccc(F)c(F)c1F)S(=O)(=O)c1ccc(C)cc1. The summed E-state index contributed by atoms with van der Waals surface area (Å²) in [5, 5.41) is 0. The minimum Gasteiger partial charge on any atom is -0.464 e. The summed E-state index contributed by atoms with van der Waals surface area (Å²) in [6.07, 6.45) is 0. The number of esters is 1. The summed E-state index contributed by atoms with van der Waals surface area (Å²) in [5.74, 6) is -6.00. The molecule has 0 aliphatic rings. The fourth-order valence-corrected chi connectivity index (χ4v) is 4.02. The molecular formula is C18H18F3NO4S. The van der Waals surface area contributed by atoms with Crippen LogP contribution in [0.25, 0.3) is 0 Å². The quantitative estimate of drug-likeness (QED) is 0.549. The molecule has 1 unspecified atom stereocenters. The van der Waals surface area contributed by atoms with Crippen molar-refractivity contribution >= 4 is 21.7 Å². The van der Waals surface area contributed by atoms with E-state index in [2.05, 4.69) is 0 Å². The van der Waals surface area contributed by atoms with Gasteiger partial charge in [-0.15, -0.1) is 0 Å². The minimum atomic E-state index is -4.48. The summed E-state index contributed by atoms with van der Waals surface area (Å²) in [7, 11) is -4.48. The van der Waals surface area contributed by atoms with Crippen LogP contribution in [0.3, 0.4) is 0 Å². The number of sulfonamides is 1. The molecule has 0 spiro atoms. The summed E-state index contributed by atoms with van der Waals surface area (Å²) in [6.45, 7) is 4.39. The maximum atomic E-state index is 14.4. The first kappa shape index (κ1) is 20.8. The Labute approximate surface area is 155 Å². The number of halogens is 3. The summed E-state index contributed by atoms with van der Waals surface area (Å²) in [5.41, 5.74) is -0.0204. The summed E-state index contributed by atoms with van der Waals surface area (Å²) in [6, 6.07) is 5.40. The Balaban J connectivity index is 2.69. The Morgan fingerprint density at radius 2 is 1.67 bits per heavy atom. The van der Waals surface area contributed by atoms with Gasteiger partial charge in [0.05, 0.1) is 17.2 Å². The van der Waals surface area contributed by atoms with Crippen LogP contribution in [0.2, 0.25) is 0 Å². The molecule has 5 nitrogen and oxygen atoms in total. The zero-order valence-electron chi connectivity index (χ0n) is 14.9. The normalized spacial score (nSPS) is 12.5. The average Bonchev–Trinajstić information content (AvgIpc) is 2.62. The highest BCUT2D eigenvalue weighted by Gasteiger charge is 2.37. The average molecular weight is 401 g/mol. The van der Waals surface area contributed by atoms with Gasteiger partial charge < -0.3 is 4.74 Å². The number of rotatable bonds is 6. The molecule has 146 valence electrons. The van der Waals surface area contributed by atoms with E-state index >= 15 is 0 Å². The van der Waals surface area contributed by atoms with E-state index in [1.165, 1.54) is 38.1 Å². The number of anilines is 1. The predicted octanol–water partition coefficient (Wildman–Crippen LogP) is 3.56. The van der Waals surface area contributed by atoms with E-state index in [-0.39, 0.29) is 11.5 Å². The molecule has 0 amide bonds. The molecule has 0 bridgehead atoms. The van der Waals surface area contributed by atoms with Crippen LogP contribution in [0.1, 0.15) is 19.4 Å². The second-order valence-corrected chi connectivity index (χ2v) is 7.55. The van der Waals surface area contributed by atoms with Gasteiger partial charge in [-0.1, -0.05) is 17.7 Å². The zero-order chi connectivity index (χ0) is 20.4. The minimum absolute atomic E-state index is 0.0398. The van der Waals surface area contributed by atoms with Crippen LogP contribution in [-0.2, 0) is 19.6 Å². The number of benzene rings is 2. The number of nitrogens with zero attached hydrogens (tertiary/aromatic N) is 1. The Kier molecular flexibility index (Phi) is 6.15. The van der Waals surface area contributed by atoms with Gasteiger partial charge >= 0.3 is 5.97 Å². The molecule has 9 heteroatoms. The molecule has 0 saturated carbocycles. The Morgan fingerprint density at radius 1 is 1.07 bits per heavy atom. The van der Waals surface area contributed by atoms with Crippen LogP contribution in [-0.4, -0.2) is 27.0 Å². The van der Waals surface area contributed by atoms with Crippen molar-refractivity contribution in [3.05, 3.63) is 59.4 Å². The first-order valence-electron chi connectivity index (χ1n) is 8.02. The monoisotopic (exact) mass is 401 g/mol. The van der Waals surface area contributed by atoms with Gasteiger partial charge in [0.25, 0.3) is 10.0 Å². The van der Waals surface area contributed by atoms with Gasteiger partial charge in [0.15, 0.2) is 17.5 Å². The first-order valence-corrected chi connectivity index (χ1v) is 9.46. The zero-order valence-corrected chi connectivity index (χ0v) is 15.7. The standard InChI is InChI=1S/C18H18F3NO4S/c1-4-26-18(23)12(3)22(15-10-9-14(19)16(20)17(15)21)27(24,25)13-7-5-11(2)6-8-13/h5-10,12H,4H2,1-3H3. The van der Waals surface area contributed by atoms with Crippen LogP contribution in [0.5, 0.6) is 0 Å². The van der Waals surface area contributed by atoms with Gasteiger partial charge in [-0.25, -0.2) is 30.7 Å². The van der Waals surface area contributed by atoms with E-state index in [1.54, 1.807) is 6.92 Å². The van der Waals surface area contributed by atoms with E-state index in [9.17, 15) is 26.4 Å². The smallest absolute Gasteiger partial charge is 0.329 e. The van der Waals surface area contributed by atoms with Crippen molar-refractivity contribution in [1.82, 2.24) is 0 Å². The number of aryl methyl sites for hydroxylation is 1. The van der Waals surface area contributed by atoms with Gasteiger partial charge in [0.1, 0.15) is 6.04 Å². The highest BCUT2D eigenvalue weighted by Crippen LogP contribution is 2.31. The number of hydrogen-bond donors (Lipinski definition) is 0. The molecule has 0 aliphatic carbocycles. The summed E-state index contributed by atoms with van der Waals surface area (Å²) < 4.78 is 72.7. The molecule has 2 rings (SSSR count). The summed E-state index contributed by atoms with van der Waals surface area (Å²) >= 11 is 0.